The number of carbonyl (C=O) groups excluding carboxylic acids is 2. The Kier molecular flexibility index (Phi) is 5.76. The Morgan fingerprint density at radius 3 is 2.87 bits per heavy atom. The van der Waals surface area contributed by atoms with Gasteiger partial charge in [0.15, 0.2) is 0 Å². The van der Waals surface area contributed by atoms with Gasteiger partial charge in [0.2, 0.25) is 11.8 Å². The van der Waals surface area contributed by atoms with Gasteiger partial charge in [-0.2, -0.15) is 11.3 Å². The number of hydrogen-bond acceptors (Lipinski definition) is 5. The smallest absolute Gasteiger partial charge is 0.267 e. The molecule has 1 N–H and O–H groups in total. The highest BCUT2D eigenvalue weighted by Gasteiger charge is 2.31. The van der Waals surface area contributed by atoms with Crippen molar-refractivity contribution in [2.24, 2.45) is 7.05 Å². The third-order valence-electron chi connectivity index (χ3n) is 5.76. The summed E-state index contributed by atoms with van der Waals surface area (Å²) in [6.07, 6.45) is 3.13. The van der Waals surface area contributed by atoms with Crippen LogP contribution < -0.4 is 5.32 Å². The predicted molar refractivity (Wildman–Crippen MR) is 115 cm³/mol. The Balaban J connectivity index is 1.56. The second kappa shape index (κ2) is 8.47. The number of rotatable bonds is 5. The third-order valence-corrected chi connectivity index (χ3v) is 6.45. The van der Waals surface area contributed by atoms with Crippen LogP contribution in [0.3, 0.4) is 0 Å². The van der Waals surface area contributed by atoms with Crippen molar-refractivity contribution in [2.75, 3.05) is 13.6 Å². The summed E-state index contributed by atoms with van der Waals surface area (Å²) in [4.78, 5) is 31.9. The number of amides is 2. The maximum Gasteiger partial charge on any atom is 0.267 e. The molecule has 7 nitrogen and oxygen atoms in total. The fraction of sp³-hybridized carbons (Fsp3) is 0.409. The summed E-state index contributed by atoms with van der Waals surface area (Å²) in [6, 6.07) is 5.69. The molecule has 4 rings (SSSR count). The molecule has 0 bridgehead atoms. The van der Waals surface area contributed by atoms with Crippen LogP contribution in [0.1, 0.15) is 52.9 Å². The van der Waals surface area contributed by atoms with Crippen molar-refractivity contribution in [1.29, 1.82) is 0 Å². The van der Waals surface area contributed by atoms with Crippen molar-refractivity contribution in [2.45, 2.75) is 38.6 Å². The average Bonchev–Trinajstić information content (AvgIpc) is 3.48. The highest BCUT2D eigenvalue weighted by Crippen LogP contribution is 2.33. The first kappa shape index (κ1) is 20.4. The van der Waals surface area contributed by atoms with Crippen molar-refractivity contribution in [3.8, 4) is 11.5 Å². The molecule has 0 aliphatic carbocycles. The van der Waals surface area contributed by atoms with Crippen LogP contribution in [0.15, 0.2) is 33.4 Å². The first-order valence-electron chi connectivity index (χ1n) is 10.2. The summed E-state index contributed by atoms with van der Waals surface area (Å²) in [7, 11) is 3.50. The normalized spacial score (nSPS) is 16.6. The van der Waals surface area contributed by atoms with E-state index in [0.29, 0.717) is 29.6 Å². The average molecular weight is 427 g/mol. The van der Waals surface area contributed by atoms with Gasteiger partial charge in [0.05, 0.1) is 18.2 Å². The topological polar surface area (TPSA) is 80.4 Å². The molecule has 1 fully saturated rings. The molecule has 3 aromatic rings. The second-order valence-corrected chi connectivity index (χ2v) is 8.37. The van der Waals surface area contributed by atoms with E-state index in [4.69, 9.17) is 4.42 Å². The zero-order valence-corrected chi connectivity index (χ0v) is 18.3. The second-order valence-electron chi connectivity index (χ2n) is 7.59. The Labute approximate surface area is 179 Å². The molecule has 1 aliphatic heterocycles. The lowest BCUT2D eigenvalue weighted by Gasteiger charge is -2.36. The molecule has 0 radical (unpaired) electrons. The Morgan fingerprint density at radius 2 is 2.13 bits per heavy atom. The lowest BCUT2D eigenvalue weighted by Crippen LogP contribution is -2.40. The van der Waals surface area contributed by atoms with Gasteiger partial charge in [-0.25, -0.2) is 4.98 Å². The van der Waals surface area contributed by atoms with E-state index in [1.165, 1.54) is 0 Å². The Hall–Kier alpha value is -2.87. The van der Waals surface area contributed by atoms with E-state index in [9.17, 15) is 9.59 Å². The van der Waals surface area contributed by atoms with Crippen LogP contribution in [0.25, 0.3) is 11.5 Å². The van der Waals surface area contributed by atoms with Gasteiger partial charge in [0, 0.05) is 37.3 Å². The number of nitrogens with zero attached hydrogens (tertiary/aromatic N) is 3. The summed E-state index contributed by atoms with van der Waals surface area (Å²) in [6.45, 7) is 2.56. The van der Waals surface area contributed by atoms with Crippen LogP contribution >= 0.6 is 11.3 Å². The number of carbonyl (C=O) groups is 2. The van der Waals surface area contributed by atoms with Gasteiger partial charge in [0.25, 0.3) is 5.91 Å². The minimum Gasteiger partial charge on any atom is -0.441 e. The summed E-state index contributed by atoms with van der Waals surface area (Å²) < 4.78 is 7.69. The molecule has 30 heavy (non-hydrogen) atoms. The van der Waals surface area contributed by atoms with Gasteiger partial charge >= 0.3 is 0 Å². The van der Waals surface area contributed by atoms with E-state index in [2.05, 4.69) is 10.3 Å². The third kappa shape index (κ3) is 3.79. The molecule has 3 aromatic heterocycles. The Bertz CT molecular complexity index is 1050. The molecule has 0 spiro atoms. The molecular weight excluding hydrogens is 400 g/mol. The molecule has 8 heteroatoms. The zero-order valence-electron chi connectivity index (χ0n) is 17.5. The molecule has 4 heterocycles. The summed E-state index contributed by atoms with van der Waals surface area (Å²) >= 11 is 1.59. The number of likely N-dealkylation sites (tertiary alicyclic amines) is 1. The first-order valence-corrected chi connectivity index (χ1v) is 11.1. The maximum absolute atomic E-state index is 13.3. The fourth-order valence-electron chi connectivity index (χ4n) is 4.10. The largest absolute Gasteiger partial charge is 0.441 e. The number of piperidine rings is 1. The molecule has 0 unspecified atom stereocenters. The van der Waals surface area contributed by atoms with Crippen molar-refractivity contribution < 1.29 is 14.0 Å². The van der Waals surface area contributed by atoms with Crippen molar-refractivity contribution >= 4 is 23.2 Å². The fourth-order valence-corrected chi connectivity index (χ4v) is 4.73. The molecular formula is C22H26N4O3S. The van der Waals surface area contributed by atoms with E-state index < -0.39 is 0 Å². The molecule has 2 amide bonds. The minimum atomic E-state index is -0.128. The SMILES string of the molecule is CNC(=O)c1ccc([C@H]2CCCCN2C(=O)Cc2nc(-c3ccsc3)oc2C)n1C. The molecule has 158 valence electrons. The van der Waals surface area contributed by atoms with Gasteiger partial charge in [-0.1, -0.05) is 0 Å². The van der Waals surface area contributed by atoms with Crippen molar-refractivity contribution in [3.63, 3.8) is 0 Å². The first-order chi connectivity index (χ1) is 14.5. The summed E-state index contributed by atoms with van der Waals surface area (Å²) in [5, 5.41) is 6.63. The van der Waals surface area contributed by atoms with Gasteiger partial charge in [-0.15, -0.1) is 0 Å². The Morgan fingerprint density at radius 1 is 1.30 bits per heavy atom. The monoisotopic (exact) mass is 426 g/mol. The van der Waals surface area contributed by atoms with Gasteiger partial charge in [0.1, 0.15) is 11.5 Å². The molecule has 1 atom stereocenters. The van der Waals surface area contributed by atoms with Crippen LogP contribution in [0.4, 0.5) is 0 Å². The number of aromatic nitrogens is 2. The number of aryl methyl sites for hydroxylation is 1. The zero-order chi connectivity index (χ0) is 21.3. The van der Waals surface area contributed by atoms with Crippen molar-refractivity contribution in [1.82, 2.24) is 19.8 Å². The molecule has 0 saturated carbocycles. The number of nitrogens with one attached hydrogen (secondary N) is 1. The quantitative estimate of drug-likeness (QED) is 0.675. The molecule has 1 saturated heterocycles. The number of oxazole rings is 1. The van der Waals surface area contributed by atoms with E-state index in [1.807, 2.05) is 52.4 Å². The summed E-state index contributed by atoms with van der Waals surface area (Å²) in [5.74, 6) is 1.15. The van der Waals surface area contributed by atoms with Crippen LogP contribution in [0, 0.1) is 6.92 Å². The van der Waals surface area contributed by atoms with E-state index in [1.54, 1.807) is 18.4 Å². The minimum absolute atomic E-state index is 0.0376. The lowest BCUT2D eigenvalue weighted by atomic mass is 9.98. The van der Waals surface area contributed by atoms with E-state index >= 15 is 0 Å². The van der Waals surface area contributed by atoms with Crippen LogP contribution in [-0.2, 0) is 18.3 Å². The van der Waals surface area contributed by atoms with Crippen LogP contribution in [0.5, 0.6) is 0 Å². The molecule has 1 aliphatic rings. The van der Waals surface area contributed by atoms with Crippen LogP contribution in [-0.4, -0.2) is 39.9 Å². The van der Waals surface area contributed by atoms with E-state index in [-0.39, 0.29) is 24.3 Å². The van der Waals surface area contributed by atoms with Gasteiger partial charge < -0.3 is 19.2 Å². The highest BCUT2D eigenvalue weighted by atomic mass is 32.1. The standard InChI is InChI=1S/C22H26N4O3S/c1-14-16(24-22(29-14)15-9-11-30-13-15)12-20(27)26-10-5-4-6-18(26)17-7-8-19(25(17)3)21(28)23-2/h7-9,11,13,18H,4-6,10,12H2,1-3H3,(H,23,28)/t18-/m1/s1. The van der Waals surface area contributed by atoms with Gasteiger partial charge in [-0.05, 0) is 49.8 Å². The van der Waals surface area contributed by atoms with Gasteiger partial charge in [-0.3, -0.25) is 9.59 Å². The highest BCUT2D eigenvalue weighted by molar-refractivity contribution is 7.08. The number of hydrogen-bond donors (Lipinski definition) is 1. The van der Waals surface area contributed by atoms with Crippen molar-refractivity contribution in [3.05, 3.63) is 51.8 Å². The lowest BCUT2D eigenvalue weighted by molar-refractivity contribution is -0.134. The summed E-state index contributed by atoms with van der Waals surface area (Å²) in [5.41, 5.74) is 3.20. The number of thiophene rings is 1. The van der Waals surface area contributed by atoms with E-state index in [0.717, 1.165) is 30.5 Å². The predicted octanol–water partition coefficient (Wildman–Crippen LogP) is 3.71. The van der Waals surface area contributed by atoms with Crippen LogP contribution in [0.2, 0.25) is 0 Å². The molecule has 0 aromatic carbocycles. The maximum atomic E-state index is 13.3.